The molecule has 1 aromatic carbocycles. The van der Waals surface area contributed by atoms with Gasteiger partial charge in [-0.2, -0.15) is 0 Å². The van der Waals surface area contributed by atoms with Crippen LogP contribution in [0.4, 0.5) is 0 Å². The summed E-state index contributed by atoms with van der Waals surface area (Å²) in [6, 6.07) is 9.37. The van der Waals surface area contributed by atoms with Gasteiger partial charge in [-0.3, -0.25) is 14.4 Å². The second-order valence-corrected chi connectivity index (χ2v) is 9.18. The molecule has 1 saturated carbocycles. The molecule has 0 aromatic heterocycles. The van der Waals surface area contributed by atoms with Gasteiger partial charge in [0.25, 0.3) is 0 Å². The monoisotopic (exact) mass is 456 g/mol. The molecule has 33 heavy (non-hydrogen) atoms. The Labute approximate surface area is 196 Å². The van der Waals surface area contributed by atoms with Crippen LogP contribution in [0.3, 0.4) is 0 Å². The Bertz CT molecular complexity index is 817. The molecule has 2 amide bonds. The zero-order valence-electron chi connectivity index (χ0n) is 19.3. The van der Waals surface area contributed by atoms with Crippen molar-refractivity contribution < 1.29 is 24.2 Å². The van der Waals surface area contributed by atoms with Crippen LogP contribution in [-0.4, -0.2) is 41.6 Å². The summed E-state index contributed by atoms with van der Waals surface area (Å²) in [5.74, 6) is -1.27. The lowest BCUT2D eigenvalue weighted by molar-refractivity contribution is -0.150. The third-order valence-corrected chi connectivity index (χ3v) is 6.57. The molecule has 1 heterocycles. The van der Waals surface area contributed by atoms with Gasteiger partial charge in [0.05, 0.1) is 24.6 Å². The number of benzene rings is 1. The third kappa shape index (κ3) is 7.70. The maximum Gasteiger partial charge on any atom is 0.306 e. The standard InChI is InChI=1S/C26H36N2O5/c29-19-26(15-9-10-16-26)28-23(30)17-21-13-5-2-1-3-8-14-24(31)33-22(18-27-25(21)32)20-11-6-4-7-12-20/h2,4-7,11-12,21-22,29H,1,3,8-10,13-19H2,(H,27,32)(H,28,30)/t21-,22-/m1/s1. The molecule has 180 valence electrons. The average molecular weight is 457 g/mol. The van der Waals surface area contributed by atoms with E-state index >= 15 is 0 Å². The van der Waals surface area contributed by atoms with Gasteiger partial charge >= 0.3 is 5.97 Å². The first-order chi connectivity index (χ1) is 16.0. The van der Waals surface area contributed by atoms with E-state index in [2.05, 4.69) is 10.6 Å². The van der Waals surface area contributed by atoms with Crippen molar-refractivity contribution in [2.24, 2.45) is 5.92 Å². The summed E-state index contributed by atoms with van der Waals surface area (Å²) in [5.41, 5.74) is 0.260. The summed E-state index contributed by atoms with van der Waals surface area (Å²) in [4.78, 5) is 38.2. The fraction of sp³-hybridized carbons (Fsp3) is 0.577. The predicted octanol–water partition coefficient (Wildman–Crippen LogP) is 3.34. The highest BCUT2D eigenvalue weighted by Crippen LogP contribution is 2.29. The Morgan fingerprint density at radius 3 is 2.58 bits per heavy atom. The lowest BCUT2D eigenvalue weighted by Gasteiger charge is -2.29. The number of hydrogen-bond acceptors (Lipinski definition) is 5. The zero-order valence-corrected chi connectivity index (χ0v) is 19.3. The highest BCUT2D eigenvalue weighted by Gasteiger charge is 2.35. The molecule has 2 aliphatic rings. The highest BCUT2D eigenvalue weighted by atomic mass is 16.5. The number of aliphatic hydroxyl groups excluding tert-OH is 1. The van der Waals surface area contributed by atoms with Gasteiger partial charge in [0.15, 0.2) is 0 Å². The lowest BCUT2D eigenvalue weighted by Crippen LogP contribution is -2.50. The van der Waals surface area contributed by atoms with Gasteiger partial charge < -0.3 is 20.5 Å². The van der Waals surface area contributed by atoms with Crippen molar-refractivity contribution in [2.45, 2.75) is 75.9 Å². The van der Waals surface area contributed by atoms with Gasteiger partial charge in [-0.1, -0.05) is 55.3 Å². The zero-order chi connectivity index (χ0) is 23.5. The number of carbonyl (C=O) groups excluding carboxylic acids is 3. The van der Waals surface area contributed by atoms with Crippen molar-refractivity contribution in [1.29, 1.82) is 0 Å². The number of ether oxygens (including phenoxy) is 1. The van der Waals surface area contributed by atoms with Gasteiger partial charge in [0.2, 0.25) is 11.8 Å². The molecule has 3 N–H and O–H groups in total. The normalized spacial score (nSPS) is 24.4. The van der Waals surface area contributed by atoms with E-state index in [0.717, 1.165) is 50.5 Å². The van der Waals surface area contributed by atoms with E-state index in [1.807, 2.05) is 42.5 Å². The first-order valence-corrected chi connectivity index (χ1v) is 12.1. The van der Waals surface area contributed by atoms with Crippen LogP contribution in [0.15, 0.2) is 42.5 Å². The molecule has 1 aliphatic heterocycles. The summed E-state index contributed by atoms with van der Waals surface area (Å²) in [6.07, 6.45) is 10.1. The molecule has 1 aliphatic carbocycles. The van der Waals surface area contributed by atoms with E-state index in [-0.39, 0.29) is 37.4 Å². The molecule has 7 nitrogen and oxygen atoms in total. The van der Waals surface area contributed by atoms with Gasteiger partial charge in [0, 0.05) is 12.8 Å². The number of rotatable bonds is 5. The van der Waals surface area contributed by atoms with Crippen molar-refractivity contribution in [1.82, 2.24) is 10.6 Å². The van der Waals surface area contributed by atoms with E-state index in [9.17, 15) is 19.5 Å². The maximum atomic E-state index is 13.0. The van der Waals surface area contributed by atoms with Crippen molar-refractivity contribution in [3.8, 4) is 0 Å². The highest BCUT2D eigenvalue weighted by molar-refractivity contribution is 5.86. The van der Waals surface area contributed by atoms with Crippen LogP contribution in [0.25, 0.3) is 0 Å². The van der Waals surface area contributed by atoms with Crippen LogP contribution in [-0.2, 0) is 19.1 Å². The number of allylic oxidation sites excluding steroid dienone is 2. The number of hydrogen-bond donors (Lipinski definition) is 3. The van der Waals surface area contributed by atoms with Crippen molar-refractivity contribution in [3.05, 3.63) is 48.0 Å². The van der Waals surface area contributed by atoms with Gasteiger partial charge in [-0.15, -0.1) is 0 Å². The van der Waals surface area contributed by atoms with Gasteiger partial charge in [-0.05, 0) is 44.1 Å². The third-order valence-electron chi connectivity index (χ3n) is 6.57. The SMILES string of the molecule is O=C(C[C@H]1CC=CCCCCC(=O)O[C@@H](c2ccccc2)CNC1=O)NC1(CO)CCCC1. The van der Waals surface area contributed by atoms with E-state index in [1.165, 1.54) is 0 Å². The van der Waals surface area contributed by atoms with Crippen molar-refractivity contribution in [2.75, 3.05) is 13.2 Å². The summed E-state index contributed by atoms with van der Waals surface area (Å²) in [7, 11) is 0. The molecular weight excluding hydrogens is 420 g/mol. The molecule has 3 rings (SSSR count). The average Bonchev–Trinajstić information content (AvgIpc) is 3.29. The Hall–Kier alpha value is -2.67. The minimum Gasteiger partial charge on any atom is -0.456 e. The molecule has 0 saturated heterocycles. The largest absolute Gasteiger partial charge is 0.456 e. The molecule has 0 radical (unpaired) electrons. The van der Waals surface area contributed by atoms with Crippen molar-refractivity contribution in [3.63, 3.8) is 0 Å². The number of nitrogens with one attached hydrogen (secondary N) is 2. The Kier molecular flexibility index (Phi) is 9.48. The number of aliphatic hydroxyl groups is 1. The predicted molar refractivity (Wildman–Crippen MR) is 125 cm³/mol. The Morgan fingerprint density at radius 2 is 1.85 bits per heavy atom. The van der Waals surface area contributed by atoms with E-state index in [1.54, 1.807) is 0 Å². The number of esters is 1. The number of carbonyl (C=O) groups is 3. The molecule has 7 heteroatoms. The molecule has 2 atom stereocenters. The maximum absolute atomic E-state index is 13.0. The molecule has 1 aromatic rings. The molecule has 0 bridgehead atoms. The second kappa shape index (κ2) is 12.5. The minimum atomic E-state index is -0.577. The second-order valence-electron chi connectivity index (χ2n) is 9.18. The lowest BCUT2D eigenvalue weighted by atomic mass is 9.95. The first-order valence-electron chi connectivity index (χ1n) is 12.1. The Balaban J connectivity index is 1.69. The topological polar surface area (TPSA) is 105 Å². The summed E-state index contributed by atoms with van der Waals surface area (Å²) < 4.78 is 5.68. The summed E-state index contributed by atoms with van der Waals surface area (Å²) >= 11 is 0. The van der Waals surface area contributed by atoms with Crippen LogP contribution in [0, 0.1) is 5.92 Å². The van der Waals surface area contributed by atoms with E-state index in [0.29, 0.717) is 12.8 Å². The van der Waals surface area contributed by atoms with Crippen LogP contribution in [0.2, 0.25) is 0 Å². The summed E-state index contributed by atoms with van der Waals surface area (Å²) in [6.45, 7) is 0.0661. The van der Waals surface area contributed by atoms with Crippen LogP contribution in [0.5, 0.6) is 0 Å². The van der Waals surface area contributed by atoms with Crippen LogP contribution < -0.4 is 10.6 Å². The molecule has 1 fully saturated rings. The van der Waals surface area contributed by atoms with E-state index < -0.39 is 17.6 Å². The minimum absolute atomic E-state index is 0.0493. The Morgan fingerprint density at radius 1 is 1.09 bits per heavy atom. The van der Waals surface area contributed by atoms with Crippen molar-refractivity contribution >= 4 is 17.8 Å². The van der Waals surface area contributed by atoms with Crippen LogP contribution >= 0.6 is 0 Å². The van der Waals surface area contributed by atoms with Crippen LogP contribution in [0.1, 0.15) is 75.9 Å². The van der Waals surface area contributed by atoms with Gasteiger partial charge in [-0.25, -0.2) is 0 Å². The number of amides is 2. The quantitative estimate of drug-likeness (QED) is 0.466. The fourth-order valence-corrected chi connectivity index (χ4v) is 4.59. The molecule has 0 spiro atoms. The molecule has 0 unspecified atom stereocenters. The summed E-state index contributed by atoms with van der Waals surface area (Å²) in [5, 5.41) is 15.7. The van der Waals surface area contributed by atoms with E-state index in [4.69, 9.17) is 4.74 Å². The van der Waals surface area contributed by atoms with Gasteiger partial charge in [0.1, 0.15) is 6.10 Å². The number of cyclic esters (lactones) is 1. The fourth-order valence-electron chi connectivity index (χ4n) is 4.59. The first kappa shape index (κ1) is 25.0. The molecular formula is C26H36N2O5. The smallest absolute Gasteiger partial charge is 0.306 e.